The lowest BCUT2D eigenvalue weighted by Crippen LogP contribution is -2.48. The second kappa shape index (κ2) is 6.17. The monoisotopic (exact) mass is 303 g/mol. The lowest BCUT2D eigenvalue weighted by Gasteiger charge is -2.32. The highest BCUT2D eigenvalue weighted by atomic mass is 32.2. The number of benzene rings is 1. The summed E-state index contributed by atoms with van der Waals surface area (Å²) in [7, 11) is -0.0631. The van der Waals surface area contributed by atoms with Gasteiger partial charge in [-0.3, -0.25) is 0 Å². The summed E-state index contributed by atoms with van der Waals surface area (Å²) in [5.74, 6) is -0.602. The largest absolute Gasteiger partial charge is 0.326 e. The summed E-state index contributed by atoms with van der Waals surface area (Å²) in [6.45, 7) is 4.06. The Morgan fingerprint density at radius 3 is 2.45 bits per heavy atom. The van der Waals surface area contributed by atoms with E-state index >= 15 is 0 Å². The normalized spacial score (nSPS) is 12.9. The summed E-state index contributed by atoms with van der Waals surface area (Å²) in [6, 6.07) is 3.58. The van der Waals surface area contributed by atoms with Crippen LogP contribution in [0.5, 0.6) is 0 Å². The van der Waals surface area contributed by atoms with E-state index in [1.54, 1.807) is 0 Å². The molecule has 0 fully saturated rings. The summed E-state index contributed by atoms with van der Waals surface area (Å²) in [5, 5.41) is 0. The number of sulfonamides is 1. The van der Waals surface area contributed by atoms with E-state index in [1.807, 2.05) is 32.8 Å². The molecule has 0 aliphatic heterocycles. The Bertz CT molecular complexity index is 571. The molecule has 114 valence electrons. The lowest BCUT2D eigenvalue weighted by molar-refractivity contribution is 0.199. The quantitative estimate of drug-likeness (QED) is 0.819. The Morgan fingerprint density at radius 2 is 1.95 bits per heavy atom. The van der Waals surface area contributed by atoms with Crippen molar-refractivity contribution in [3.63, 3.8) is 0 Å². The maximum absolute atomic E-state index is 13.3. The van der Waals surface area contributed by atoms with Crippen LogP contribution in [0.25, 0.3) is 0 Å². The molecule has 20 heavy (non-hydrogen) atoms. The molecule has 1 aromatic rings. The van der Waals surface area contributed by atoms with Crippen LogP contribution < -0.4 is 10.5 Å². The molecule has 0 aliphatic carbocycles. The summed E-state index contributed by atoms with van der Waals surface area (Å²) in [5.41, 5.74) is 5.54. The lowest BCUT2D eigenvalue weighted by atomic mass is 10.1. The first-order valence-corrected chi connectivity index (χ1v) is 7.74. The van der Waals surface area contributed by atoms with E-state index in [0.29, 0.717) is 5.56 Å². The van der Waals surface area contributed by atoms with E-state index in [2.05, 4.69) is 4.72 Å². The van der Waals surface area contributed by atoms with Crippen LogP contribution >= 0.6 is 0 Å². The fraction of sp³-hybridized carbons (Fsp3) is 0.538. The second-order valence-corrected chi connectivity index (χ2v) is 7.22. The first-order chi connectivity index (χ1) is 9.10. The van der Waals surface area contributed by atoms with Crippen molar-refractivity contribution in [2.75, 3.05) is 20.6 Å². The van der Waals surface area contributed by atoms with Crippen LogP contribution in [-0.2, 0) is 16.6 Å². The van der Waals surface area contributed by atoms with Crippen molar-refractivity contribution in [2.45, 2.75) is 30.8 Å². The van der Waals surface area contributed by atoms with E-state index in [-0.39, 0.29) is 23.5 Å². The van der Waals surface area contributed by atoms with Crippen LogP contribution in [-0.4, -0.2) is 39.5 Å². The molecule has 3 N–H and O–H groups in total. The Hall–Kier alpha value is -1.02. The molecule has 7 heteroatoms. The van der Waals surface area contributed by atoms with Crippen LogP contribution in [0.4, 0.5) is 4.39 Å². The van der Waals surface area contributed by atoms with Gasteiger partial charge < -0.3 is 10.6 Å². The van der Waals surface area contributed by atoms with Crippen molar-refractivity contribution < 1.29 is 12.8 Å². The van der Waals surface area contributed by atoms with Gasteiger partial charge in [0.05, 0.1) is 4.90 Å². The topological polar surface area (TPSA) is 75.4 Å². The standard InChI is InChI=1S/C13H22FN3O2S/c1-13(2,17(3)4)9-16-20(18,19)12-7-11(14)6-5-10(12)8-15/h5-7,16H,8-9,15H2,1-4H3. The van der Waals surface area contributed by atoms with Gasteiger partial charge in [0.1, 0.15) is 5.82 Å². The summed E-state index contributed by atoms with van der Waals surface area (Å²) in [4.78, 5) is 1.81. The molecule has 0 saturated carbocycles. The minimum atomic E-state index is -3.79. The molecule has 1 rings (SSSR count). The van der Waals surface area contributed by atoms with E-state index in [4.69, 9.17) is 5.73 Å². The molecule has 0 radical (unpaired) electrons. The van der Waals surface area contributed by atoms with Gasteiger partial charge in [0.25, 0.3) is 0 Å². The highest BCUT2D eigenvalue weighted by Crippen LogP contribution is 2.18. The Labute approximate surface area is 120 Å². The van der Waals surface area contributed by atoms with Gasteiger partial charge in [0.15, 0.2) is 0 Å². The number of likely N-dealkylation sites (N-methyl/N-ethyl adjacent to an activating group) is 1. The Kier molecular flexibility index (Phi) is 5.26. The molecule has 5 nitrogen and oxygen atoms in total. The number of hydrogen-bond donors (Lipinski definition) is 2. The highest BCUT2D eigenvalue weighted by molar-refractivity contribution is 7.89. The molecule has 0 aliphatic rings. The van der Waals surface area contributed by atoms with Crippen molar-refractivity contribution in [3.8, 4) is 0 Å². The summed E-state index contributed by atoms with van der Waals surface area (Å²) >= 11 is 0. The van der Waals surface area contributed by atoms with Gasteiger partial charge in [-0.1, -0.05) is 6.07 Å². The van der Waals surface area contributed by atoms with Crippen LogP contribution in [0.2, 0.25) is 0 Å². The van der Waals surface area contributed by atoms with E-state index < -0.39 is 15.8 Å². The molecule has 0 unspecified atom stereocenters. The molecule has 0 spiro atoms. The number of nitrogens with zero attached hydrogens (tertiary/aromatic N) is 1. The van der Waals surface area contributed by atoms with Crippen LogP contribution in [0.3, 0.4) is 0 Å². The fourth-order valence-corrected chi connectivity index (χ4v) is 2.92. The van der Waals surface area contributed by atoms with E-state index in [1.165, 1.54) is 12.1 Å². The van der Waals surface area contributed by atoms with Gasteiger partial charge in [0.2, 0.25) is 10.0 Å². The number of hydrogen-bond acceptors (Lipinski definition) is 4. The molecular formula is C13H22FN3O2S. The zero-order valence-electron chi connectivity index (χ0n) is 12.3. The van der Waals surface area contributed by atoms with E-state index in [9.17, 15) is 12.8 Å². The average Bonchev–Trinajstić information content (AvgIpc) is 2.36. The number of nitrogens with one attached hydrogen (secondary N) is 1. The van der Waals surface area contributed by atoms with Crippen LogP contribution in [0, 0.1) is 5.82 Å². The molecule has 0 saturated heterocycles. The fourth-order valence-electron chi connectivity index (χ4n) is 1.45. The molecule has 0 amide bonds. The zero-order chi connectivity index (χ0) is 15.6. The molecule has 0 atom stereocenters. The van der Waals surface area contributed by atoms with Gasteiger partial charge in [-0.25, -0.2) is 17.5 Å². The first kappa shape index (κ1) is 17.0. The van der Waals surface area contributed by atoms with Gasteiger partial charge in [-0.05, 0) is 45.6 Å². The van der Waals surface area contributed by atoms with Crippen molar-refractivity contribution >= 4 is 10.0 Å². The Morgan fingerprint density at radius 1 is 1.35 bits per heavy atom. The molecular weight excluding hydrogens is 281 g/mol. The van der Waals surface area contributed by atoms with Crippen molar-refractivity contribution in [2.24, 2.45) is 5.73 Å². The zero-order valence-corrected chi connectivity index (χ0v) is 13.1. The van der Waals surface area contributed by atoms with Gasteiger partial charge in [0, 0.05) is 18.6 Å². The summed E-state index contributed by atoms with van der Waals surface area (Å²) < 4.78 is 40.3. The third-order valence-corrected chi connectivity index (χ3v) is 4.93. The number of halogens is 1. The average molecular weight is 303 g/mol. The smallest absolute Gasteiger partial charge is 0.241 e. The predicted molar refractivity (Wildman–Crippen MR) is 77.2 cm³/mol. The second-order valence-electron chi connectivity index (χ2n) is 5.49. The highest BCUT2D eigenvalue weighted by Gasteiger charge is 2.25. The third-order valence-electron chi connectivity index (χ3n) is 3.44. The molecule has 0 bridgehead atoms. The molecule has 0 aromatic heterocycles. The van der Waals surface area contributed by atoms with Gasteiger partial charge >= 0.3 is 0 Å². The SMILES string of the molecule is CN(C)C(C)(C)CNS(=O)(=O)c1cc(F)ccc1CN. The van der Waals surface area contributed by atoms with Gasteiger partial charge in [-0.2, -0.15) is 0 Å². The van der Waals surface area contributed by atoms with Crippen molar-refractivity contribution in [3.05, 3.63) is 29.6 Å². The summed E-state index contributed by atoms with van der Waals surface area (Å²) in [6.07, 6.45) is 0. The third kappa shape index (κ3) is 3.99. The maximum Gasteiger partial charge on any atom is 0.241 e. The number of nitrogens with two attached hydrogens (primary N) is 1. The molecule has 0 heterocycles. The number of rotatable bonds is 6. The predicted octanol–water partition coefficient (Wildman–Crippen LogP) is 0.903. The maximum atomic E-state index is 13.3. The minimum Gasteiger partial charge on any atom is -0.326 e. The first-order valence-electron chi connectivity index (χ1n) is 6.26. The van der Waals surface area contributed by atoms with Gasteiger partial charge in [-0.15, -0.1) is 0 Å². The minimum absolute atomic E-state index is 0.0353. The molecule has 1 aromatic carbocycles. The van der Waals surface area contributed by atoms with E-state index in [0.717, 1.165) is 6.07 Å². The van der Waals surface area contributed by atoms with Crippen LogP contribution in [0.1, 0.15) is 19.4 Å². The Balaban J connectivity index is 3.03. The van der Waals surface area contributed by atoms with Crippen molar-refractivity contribution in [1.82, 2.24) is 9.62 Å². The van der Waals surface area contributed by atoms with Crippen molar-refractivity contribution in [1.29, 1.82) is 0 Å². The van der Waals surface area contributed by atoms with Crippen LogP contribution in [0.15, 0.2) is 23.1 Å².